The first-order chi connectivity index (χ1) is 17.7. The number of nitrogens with one attached hydrogen (secondary N) is 2. The van der Waals surface area contributed by atoms with Crippen LogP contribution in [0.15, 0.2) is 48.5 Å². The summed E-state index contributed by atoms with van der Waals surface area (Å²) in [5, 5.41) is 6.05. The first kappa shape index (κ1) is 26.7. The Labute approximate surface area is 219 Å². The first-order valence-corrected chi connectivity index (χ1v) is 13.3. The minimum atomic E-state index is -1.03. The van der Waals surface area contributed by atoms with Crippen molar-refractivity contribution in [1.82, 2.24) is 15.1 Å². The van der Waals surface area contributed by atoms with Crippen LogP contribution < -0.4 is 16.4 Å². The van der Waals surface area contributed by atoms with E-state index in [2.05, 4.69) is 24.5 Å². The Morgan fingerprint density at radius 2 is 1.62 bits per heavy atom. The van der Waals surface area contributed by atoms with Gasteiger partial charge in [0.2, 0.25) is 0 Å². The van der Waals surface area contributed by atoms with Gasteiger partial charge >= 0.3 is 6.03 Å². The van der Waals surface area contributed by atoms with E-state index in [-0.39, 0.29) is 23.9 Å². The quantitative estimate of drug-likeness (QED) is 0.566. The van der Waals surface area contributed by atoms with Gasteiger partial charge in [-0.3, -0.25) is 14.5 Å². The van der Waals surface area contributed by atoms with Crippen LogP contribution in [-0.4, -0.2) is 59.0 Å². The van der Waals surface area contributed by atoms with E-state index < -0.39 is 12.2 Å². The summed E-state index contributed by atoms with van der Waals surface area (Å²) in [6.45, 7) is 6.93. The van der Waals surface area contributed by atoms with E-state index in [1.54, 1.807) is 6.07 Å². The monoisotopic (exact) mass is 505 g/mol. The largest absolute Gasteiger partial charge is 0.350 e. The number of rotatable bonds is 5. The highest BCUT2D eigenvalue weighted by molar-refractivity contribution is 6.00. The maximum absolute atomic E-state index is 13.7. The van der Waals surface area contributed by atoms with Crippen molar-refractivity contribution in [2.75, 3.05) is 18.4 Å². The molecule has 1 saturated heterocycles. The van der Waals surface area contributed by atoms with Crippen molar-refractivity contribution in [2.24, 2.45) is 5.73 Å². The highest BCUT2D eigenvalue weighted by atomic mass is 16.2. The van der Waals surface area contributed by atoms with E-state index in [4.69, 9.17) is 5.73 Å². The van der Waals surface area contributed by atoms with Gasteiger partial charge in [0, 0.05) is 36.4 Å². The lowest BCUT2D eigenvalue weighted by molar-refractivity contribution is -0.133. The molecule has 2 aliphatic rings. The van der Waals surface area contributed by atoms with Crippen LogP contribution in [0, 0.1) is 6.92 Å². The van der Waals surface area contributed by atoms with E-state index in [1.807, 2.05) is 49.4 Å². The molecule has 2 aromatic carbocycles. The van der Waals surface area contributed by atoms with Crippen molar-refractivity contribution in [3.05, 3.63) is 65.2 Å². The summed E-state index contributed by atoms with van der Waals surface area (Å²) in [5.74, 6) is -0.199. The van der Waals surface area contributed by atoms with Gasteiger partial charge in [-0.05, 0) is 74.8 Å². The highest BCUT2D eigenvalue weighted by Gasteiger charge is 2.41. The Morgan fingerprint density at radius 1 is 0.946 bits per heavy atom. The van der Waals surface area contributed by atoms with Crippen molar-refractivity contribution in [3.8, 4) is 0 Å². The number of benzene rings is 2. The topological polar surface area (TPSA) is 108 Å². The predicted octanol–water partition coefficient (Wildman–Crippen LogP) is 4.21. The molecule has 8 nitrogen and oxygen atoms in total. The minimum Gasteiger partial charge on any atom is -0.350 e. The van der Waals surface area contributed by atoms with Crippen LogP contribution in [0.5, 0.6) is 0 Å². The van der Waals surface area contributed by atoms with Crippen LogP contribution in [-0.2, 0) is 4.79 Å². The van der Waals surface area contributed by atoms with Crippen molar-refractivity contribution in [1.29, 1.82) is 0 Å². The van der Waals surface area contributed by atoms with Crippen LogP contribution in [0.2, 0.25) is 0 Å². The Bertz CT molecular complexity index is 1110. The first-order valence-electron chi connectivity index (χ1n) is 13.3. The number of amides is 4. The van der Waals surface area contributed by atoms with E-state index >= 15 is 0 Å². The average Bonchev–Trinajstić information content (AvgIpc) is 2.89. The SMILES string of the molecule is Cc1cccc(C(=O)N2CCCN(C(=O)Nc3ccc(C(C)C)cc3)C2C(=O)NC2CCC(N)CC2)c1. The molecule has 4 N–H and O–H groups in total. The van der Waals surface area contributed by atoms with Gasteiger partial charge in [0.25, 0.3) is 11.8 Å². The maximum atomic E-state index is 13.7. The third kappa shape index (κ3) is 6.49. The summed E-state index contributed by atoms with van der Waals surface area (Å²) in [6, 6.07) is 14.8. The van der Waals surface area contributed by atoms with Crippen molar-refractivity contribution in [2.45, 2.75) is 77.0 Å². The third-order valence-electron chi connectivity index (χ3n) is 7.36. The summed E-state index contributed by atoms with van der Waals surface area (Å²) in [4.78, 5) is 43.8. The number of nitrogens with zero attached hydrogens (tertiary/aromatic N) is 2. The number of nitrogens with two attached hydrogens (primary N) is 1. The summed E-state index contributed by atoms with van der Waals surface area (Å²) < 4.78 is 0. The van der Waals surface area contributed by atoms with Gasteiger partial charge in [-0.15, -0.1) is 0 Å². The lowest BCUT2D eigenvalue weighted by Crippen LogP contribution is -2.65. The summed E-state index contributed by atoms with van der Waals surface area (Å²) in [7, 11) is 0. The second-order valence-electron chi connectivity index (χ2n) is 10.6. The third-order valence-corrected chi connectivity index (χ3v) is 7.36. The Kier molecular flexibility index (Phi) is 8.48. The second kappa shape index (κ2) is 11.8. The Morgan fingerprint density at radius 3 is 2.27 bits per heavy atom. The summed E-state index contributed by atoms with van der Waals surface area (Å²) >= 11 is 0. The molecule has 1 aliphatic heterocycles. The lowest BCUT2D eigenvalue weighted by Gasteiger charge is -2.43. The zero-order valence-corrected chi connectivity index (χ0v) is 22.1. The molecule has 1 atom stereocenters. The molecule has 0 bridgehead atoms. The van der Waals surface area contributed by atoms with Crippen molar-refractivity contribution in [3.63, 3.8) is 0 Å². The normalized spacial score (nSPS) is 22.0. The zero-order valence-electron chi connectivity index (χ0n) is 22.1. The molecule has 37 heavy (non-hydrogen) atoms. The fourth-order valence-corrected chi connectivity index (χ4v) is 5.16. The number of hydrogen-bond donors (Lipinski definition) is 3. The summed E-state index contributed by atoms with van der Waals surface area (Å²) in [6.07, 6.45) is 2.82. The minimum absolute atomic E-state index is 0.0152. The molecule has 1 saturated carbocycles. The van der Waals surface area contributed by atoms with Gasteiger partial charge in [-0.2, -0.15) is 0 Å². The molecule has 0 aromatic heterocycles. The molecule has 198 valence electrons. The molecular formula is C29H39N5O3. The number of carbonyl (C=O) groups is 3. The zero-order chi connectivity index (χ0) is 26.5. The summed E-state index contributed by atoms with van der Waals surface area (Å²) in [5.41, 5.74) is 9.34. The van der Waals surface area contributed by atoms with Crippen LogP contribution in [0.25, 0.3) is 0 Å². The van der Waals surface area contributed by atoms with Crippen LogP contribution >= 0.6 is 0 Å². The van der Waals surface area contributed by atoms with E-state index in [0.717, 1.165) is 31.2 Å². The molecule has 0 spiro atoms. The van der Waals surface area contributed by atoms with E-state index in [9.17, 15) is 14.4 Å². The number of aryl methyl sites for hydroxylation is 1. The molecule has 2 fully saturated rings. The number of urea groups is 1. The number of hydrogen-bond acceptors (Lipinski definition) is 4. The van der Waals surface area contributed by atoms with E-state index in [1.165, 1.54) is 15.4 Å². The van der Waals surface area contributed by atoms with Gasteiger partial charge in [-0.25, -0.2) is 4.79 Å². The van der Waals surface area contributed by atoms with Crippen LogP contribution in [0.1, 0.15) is 73.4 Å². The van der Waals surface area contributed by atoms with Gasteiger partial charge < -0.3 is 21.3 Å². The molecule has 8 heteroatoms. The van der Waals surface area contributed by atoms with Crippen molar-refractivity contribution >= 4 is 23.5 Å². The predicted molar refractivity (Wildman–Crippen MR) is 145 cm³/mol. The van der Waals surface area contributed by atoms with E-state index in [0.29, 0.717) is 36.7 Å². The molecule has 1 heterocycles. The van der Waals surface area contributed by atoms with Gasteiger partial charge in [0.15, 0.2) is 6.17 Å². The standard InChI is InChI=1S/C29H39N5O3/c1-19(2)21-8-12-25(13-9-21)32-29(37)34-17-5-16-33(28(36)22-7-4-6-20(3)18-22)27(34)26(35)31-24-14-10-23(30)11-15-24/h4,6-9,12-13,18-19,23-24,27H,5,10-11,14-17,30H2,1-3H3,(H,31,35)(H,32,37). The fraction of sp³-hybridized carbons (Fsp3) is 0.483. The average molecular weight is 506 g/mol. The van der Waals surface area contributed by atoms with Crippen molar-refractivity contribution < 1.29 is 14.4 Å². The molecular weight excluding hydrogens is 466 g/mol. The second-order valence-corrected chi connectivity index (χ2v) is 10.6. The molecule has 4 rings (SSSR count). The smallest absolute Gasteiger partial charge is 0.323 e. The number of anilines is 1. The molecule has 1 aliphatic carbocycles. The molecule has 4 amide bonds. The molecule has 2 aromatic rings. The number of carbonyl (C=O) groups excluding carboxylic acids is 3. The molecule has 1 unspecified atom stereocenters. The van der Waals surface area contributed by atoms with Gasteiger partial charge in [-0.1, -0.05) is 43.7 Å². The van der Waals surface area contributed by atoms with Gasteiger partial charge in [0.1, 0.15) is 0 Å². The fourth-order valence-electron chi connectivity index (χ4n) is 5.16. The van der Waals surface area contributed by atoms with Crippen LogP contribution in [0.3, 0.4) is 0 Å². The highest BCUT2D eigenvalue weighted by Crippen LogP contribution is 2.23. The lowest BCUT2D eigenvalue weighted by atomic mass is 9.91. The Balaban J connectivity index is 1.57. The van der Waals surface area contributed by atoms with Crippen LogP contribution in [0.4, 0.5) is 10.5 Å². The molecule has 0 radical (unpaired) electrons. The Hall–Kier alpha value is -3.39. The maximum Gasteiger partial charge on any atom is 0.323 e. The van der Waals surface area contributed by atoms with Gasteiger partial charge in [0.05, 0.1) is 0 Å².